The summed E-state index contributed by atoms with van der Waals surface area (Å²) < 4.78 is 58.9. The normalized spacial score (nSPS) is 23.5. The van der Waals surface area contributed by atoms with Gasteiger partial charge in [0.15, 0.2) is 23.1 Å². The molecule has 6 atom stereocenters. The molecule has 7 aliphatic rings. The van der Waals surface area contributed by atoms with Gasteiger partial charge in [0.25, 0.3) is 5.91 Å². The van der Waals surface area contributed by atoms with Crippen LogP contribution in [0.15, 0.2) is 36.1 Å². The number of thioether (sulfide) groups is 2. The summed E-state index contributed by atoms with van der Waals surface area (Å²) in [6, 6.07) is -0.883. The Kier molecular flexibility index (Phi) is 32.3. The average molecular weight is 1150 g/mol. The molecule has 7 heterocycles. The molecule has 7 rings (SSSR count). The first kappa shape index (κ1) is 70.7. The van der Waals surface area contributed by atoms with Crippen molar-refractivity contribution in [3.63, 3.8) is 0 Å². The van der Waals surface area contributed by atoms with Crippen LogP contribution in [0.25, 0.3) is 0 Å². The summed E-state index contributed by atoms with van der Waals surface area (Å²) in [7, 11) is -6.75. The topological polar surface area (TPSA) is 528 Å². The van der Waals surface area contributed by atoms with Crippen LogP contribution in [-0.4, -0.2) is 162 Å². The van der Waals surface area contributed by atoms with Crippen molar-refractivity contribution in [2.24, 2.45) is 38.9 Å². The second kappa shape index (κ2) is 34.3. The Morgan fingerprint density at radius 3 is 1.60 bits per heavy atom. The van der Waals surface area contributed by atoms with Gasteiger partial charge >= 0.3 is 29.9 Å². The van der Waals surface area contributed by atoms with Crippen LogP contribution in [-0.2, 0) is 96.6 Å². The number of amides is 7. The van der Waals surface area contributed by atoms with E-state index in [4.69, 9.17) is 42.3 Å². The van der Waals surface area contributed by atoms with E-state index in [2.05, 4.69) is 38.7 Å². The van der Waals surface area contributed by atoms with Crippen molar-refractivity contribution in [2.75, 3.05) is 18.8 Å². The molecule has 0 aromatic carbocycles. The Morgan fingerprint density at radius 1 is 0.800 bits per heavy atom. The van der Waals surface area contributed by atoms with E-state index in [0.29, 0.717) is 37.6 Å². The molecule has 7 aliphatic heterocycles. The number of rotatable bonds is 6. The van der Waals surface area contributed by atoms with E-state index in [0.717, 1.165) is 46.9 Å². The van der Waals surface area contributed by atoms with Crippen molar-refractivity contribution in [1.82, 2.24) is 9.96 Å². The number of hydrogen-bond donors (Lipinski definition) is 8. The van der Waals surface area contributed by atoms with Crippen LogP contribution in [0.2, 0.25) is 0 Å². The minimum absolute atomic E-state index is 0.0255. The number of fused-ring (bicyclic) bond motifs is 1. The molecular weight excluding hydrogens is 1090 g/mol. The number of carboxylic acids is 1. The predicted octanol–water partition coefficient (Wildman–Crippen LogP) is -3.17. The number of allylic oxidation sites excluding steroid dienone is 1. The largest absolute Gasteiger partial charge is 0.479 e. The first-order valence-corrected chi connectivity index (χ1v) is 26.5. The van der Waals surface area contributed by atoms with Gasteiger partial charge in [-0.25, -0.2) is 46.3 Å². The highest BCUT2D eigenvalue weighted by Crippen LogP contribution is 2.35. The lowest BCUT2D eigenvalue weighted by Gasteiger charge is -2.19. The van der Waals surface area contributed by atoms with Crippen molar-refractivity contribution >= 4 is 113 Å². The third-order valence-corrected chi connectivity index (χ3v) is 12.1. The molecule has 0 saturated carbocycles. The number of carboxylic acid groups (broad SMARTS) is 1. The van der Waals surface area contributed by atoms with Crippen molar-refractivity contribution in [1.29, 1.82) is 0 Å². The van der Waals surface area contributed by atoms with Crippen LogP contribution in [0.3, 0.4) is 0 Å². The van der Waals surface area contributed by atoms with E-state index in [1.54, 1.807) is 20.8 Å². The van der Waals surface area contributed by atoms with Crippen LogP contribution < -0.4 is 38.9 Å². The number of aliphatic carboxylic acids is 1. The summed E-state index contributed by atoms with van der Waals surface area (Å²) >= 11 is 2.40. The number of urea groups is 1. The van der Waals surface area contributed by atoms with E-state index in [9.17, 15) is 74.4 Å². The van der Waals surface area contributed by atoms with Gasteiger partial charge in [-0.1, -0.05) is 42.8 Å². The van der Waals surface area contributed by atoms with Gasteiger partial charge in [-0.15, -0.1) is 0 Å². The van der Waals surface area contributed by atoms with Gasteiger partial charge in [0.2, 0.25) is 54.9 Å². The number of cyclic esters (lactones) is 2. The van der Waals surface area contributed by atoms with E-state index >= 15 is 0 Å². The molecule has 0 aromatic heterocycles. The van der Waals surface area contributed by atoms with E-state index in [1.807, 2.05) is 0 Å². The lowest BCUT2D eigenvalue weighted by molar-refractivity contribution is -0.187. The summed E-state index contributed by atoms with van der Waals surface area (Å²) in [5.74, 6) is -4.15. The molecule has 424 valence electrons. The number of esters is 2. The molecular formula is C40H63N9O22S4. The van der Waals surface area contributed by atoms with E-state index in [1.165, 1.54) is 29.7 Å². The summed E-state index contributed by atoms with van der Waals surface area (Å²) in [5, 5.41) is 19.6. The SMILES string of the molecule is C/C=C/S(N)(=O)=O.C=CC(N)=O.C=CS(N)(=O)=O.CC(=O)N1CCCC1=O.CC1(C)OC2C(=O)OC(C(N)=O)C2O1.NC(=O)C1CCC(=O)S1.NC(=O)N1CCC(=O)O1.NC1CCSC1=O.O=C1CC[C@H](C(=O)O)O1. The third kappa shape index (κ3) is 31.9. The summed E-state index contributed by atoms with van der Waals surface area (Å²) in [4.78, 5) is 131. The molecule has 7 fully saturated rings. The van der Waals surface area contributed by atoms with Gasteiger partial charge in [0.1, 0.15) is 6.10 Å². The molecule has 0 radical (unpaired) electrons. The number of sulfonamides is 2. The molecule has 35 heteroatoms. The number of likely N-dealkylation sites (tertiary alicyclic amines) is 1. The fourth-order valence-corrected chi connectivity index (χ4v) is 7.53. The Morgan fingerprint density at radius 2 is 1.37 bits per heavy atom. The molecule has 0 spiro atoms. The zero-order valence-electron chi connectivity index (χ0n) is 41.1. The zero-order chi connectivity index (χ0) is 58.6. The highest BCUT2D eigenvalue weighted by molar-refractivity contribution is 8.15. The number of imide groups is 1. The first-order valence-electron chi connectivity index (χ1n) is 21.4. The average Bonchev–Trinajstić information content (AvgIpc) is 4.18. The van der Waals surface area contributed by atoms with Crippen LogP contribution in [0.5, 0.6) is 0 Å². The number of carbonyl (C=O) groups is 12. The van der Waals surface area contributed by atoms with Gasteiger partial charge in [-0.05, 0) is 46.1 Å². The fourth-order valence-electron chi connectivity index (χ4n) is 5.34. The van der Waals surface area contributed by atoms with Crippen LogP contribution in [0, 0.1) is 0 Å². The van der Waals surface area contributed by atoms with E-state index < -0.39 is 92.0 Å². The number of primary sulfonamides is 2. The maximum atomic E-state index is 11.2. The highest BCUT2D eigenvalue weighted by atomic mass is 32.2. The Hall–Kier alpha value is -6.34. The molecule has 0 aromatic rings. The number of hydroxylamine groups is 2. The Balaban J connectivity index is 0. The molecule has 7 saturated heterocycles. The number of nitrogens with two attached hydrogens (primary N) is 7. The van der Waals surface area contributed by atoms with Gasteiger partial charge < -0.3 is 57.6 Å². The highest BCUT2D eigenvalue weighted by Gasteiger charge is 2.57. The van der Waals surface area contributed by atoms with E-state index in [-0.39, 0.29) is 58.6 Å². The molecule has 5 unspecified atom stereocenters. The first-order chi connectivity index (χ1) is 34.4. The van der Waals surface area contributed by atoms with Crippen molar-refractivity contribution in [3.8, 4) is 0 Å². The predicted molar refractivity (Wildman–Crippen MR) is 264 cm³/mol. The van der Waals surface area contributed by atoms with Crippen LogP contribution >= 0.6 is 23.5 Å². The smallest absolute Gasteiger partial charge is 0.348 e. The number of carbonyl (C=O) groups excluding carboxylic acids is 11. The minimum atomic E-state index is -3.40. The third-order valence-electron chi connectivity index (χ3n) is 8.71. The molecule has 0 aliphatic carbocycles. The molecule has 0 bridgehead atoms. The van der Waals surface area contributed by atoms with Crippen molar-refractivity contribution in [2.45, 2.75) is 121 Å². The Labute approximate surface area is 439 Å². The lowest BCUT2D eigenvalue weighted by atomic mass is 10.1. The fraction of sp³-hybridized carbons (Fsp3) is 0.550. The summed E-state index contributed by atoms with van der Waals surface area (Å²) in [5.41, 5.74) is 24.6. The lowest BCUT2D eigenvalue weighted by Crippen LogP contribution is -2.39. The van der Waals surface area contributed by atoms with Gasteiger partial charge in [-0.2, -0.15) is 5.06 Å². The monoisotopic (exact) mass is 1150 g/mol. The summed E-state index contributed by atoms with van der Waals surface area (Å²) in [6.07, 6.45) is 3.10. The maximum absolute atomic E-state index is 11.2. The standard InChI is InChI=1S/C8H11NO5.C6H9NO2.C5H7NO2S.C5H6O4.C4H6N2O3.C4H7NOS.C3H7NO2S.C3H5NO.C2H5NO2S/c1-8(2)13-3-4(6(9)10)12-7(11)5(3)14-8;1-5(8)7-4-2-3-6(7)9;6-5(8)3-1-2-4(7)9-3;6-4-2-1-3(9-4)5(7)8;5-4(8)6-2-1-3(7)9-6;5-3-1-2-7-4(3)6;1-2-3-7(4,5)6;1-2-3(4)5;1-2-6(3,4)5/h3-5H,1-2H3,(H2,9,10);2-4H2,1H3;3H,1-2H2,(H2,6,8);3H,1-2H2,(H,7,8);1-2H2,(H2,5,8);3H,1-2,5H2;2-3H,1H3,(H2,4,5,6);2H,1H2,(H2,4,5);2H,1H2,(H2,3,4,5)/b;;;;;;3-2+;;/t;;;3-;;;;;/m...1...../s1. The number of nitrogens with zero attached hydrogens (tertiary/aromatic N) is 2. The second-order valence-electron chi connectivity index (χ2n) is 15.4. The van der Waals surface area contributed by atoms with Gasteiger partial charge in [-0.3, -0.25) is 43.3 Å². The van der Waals surface area contributed by atoms with Gasteiger partial charge in [0.05, 0.1) is 24.3 Å². The van der Waals surface area contributed by atoms with Crippen LogP contribution in [0.1, 0.15) is 79.1 Å². The number of hydrogen-bond acceptors (Lipinski definition) is 24. The van der Waals surface area contributed by atoms with Crippen LogP contribution in [0.4, 0.5) is 4.79 Å². The summed E-state index contributed by atoms with van der Waals surface area (Å²) in [6.45, 7) is 13.2. The molecule has 15 N–H and O–H groups in total. The number of primary amides is 4. The zero-order valence-corrected chi connectivity index (χ0v) is 44.3. The number of ether oxygens (including phenoxy) is 4. The molecule has 7 amide bonds. The van der Waals surface area contributed by atoms with Crippen molar-refractivity contribution in [3.05, 3.63) is 36.1 Å². The minimum Gasteiger partial charge on any atom is -0.479 e. The Bertz CT molecular complexity index is 2270. The van der Waals surface area contributed by atoms with Crippen molar-refractivity contribution < 1.29 is 103 Å². The quantitative estimate of drug-likeness (QED) is 0.0961. The molecule has 75 heavy (non-hydrogen) atoms. The molecule has 31 nitrogen and oxygen atoms in total. The second-order valence-corrected chi connectivity index (χ2v) is 20.7. The van der Waals surface area contributed by atoms with Gasteiger partial charge in [0, 0.05) is 55.7 Å². The maximum Gasteiger partial charge on any atom is 0.348 e.